The van der Waals surface area contributed by atoms with Gasteiger partial charge in [0.1, 0.15) is 0 Å². The maximum absolute atomic E-state index is 11.8. The van der Waals surface area contributed by atoms with Crippen molar-refractivity contribution in [3.8, 4) is 0 Å². The third-order valence-electron chi connectivity index (χ3n) is 2.77. The minimum Gasteiger partial charge on any atom is -0.355 e. The summed E-state index contributed by atoms with van der Waals surface area (Å²) in [6.07, 6.45) is 0.233. The summed E-state index contributed by atoms with van der Waals surface area (Å²) in [7, 11) is 0. The summed E-state index contributed by atoms with van der Waals surface area (Å²) in [6, 6.07) is 7.24. The van der Waals surface area contributed by atoms with Crippen molar-refractivity contribution >= 4 is 17.6 Å². The number of amides is 2. The fourth-order valence-electron chi connectivity index (χ4n) is 1.64. The third kappa shape index (κ3) is 5.65. The molecule has 0 aliphatic heterocycles. The van der Waals surface area contributed by atoms with Crippen LogP contribution in [0.3, 0.4) is 0 Å². The monoisotopic (exact) mass is 276 g/mol. The first kappa shape index (κ1) is 15.9. The molecule has 0 atom stereocenters. The highest BCUT2D eigenvalue weighted by atomic mass is 16.2. The smallest absolute Gasteiger partial charge is 0.239 e. The molecule has 0 unspecified atom stereocenters. The van der Waals surface area contributed by atoms with Crippen molar-refractivity contribution in [2.75, 3.05) is 13.1 Å². The Kier molecular flexibility index (Phi) is 6.43. The molecule has 5 heteroatoms. The molecule has 0 aromatic heterocycles. The maximum Gasteiger partial charge on any atom is 0.239 e. The lowest BCUT2D eigenvalue weighted by molar-refractivity contribution is -0.126. The molecule has 1 aromatic carbocycles. The van der Waals surface area contributed by atoms with Gasteiger partial charge in [0.25, 0.3) is 0 Å². The van der Waals surface area contributed by atoms with Crippen molar-refractivity contribution in [3.05, 3.63) is 35.4 Å². The van der Waals surface area contributed by atoms with Crippen LogP contribution in [0, 0.1) is 6.92 Å². The van der Waals surface area contributed by atoms with Crippen LogP contribution >= 0.6 is 0 Å². The Labute approximate surface area is 118 Å². The van der Waals surface area contributed by atoms with E-state index in [0.717, 1.165) is 5.56 Å². The van der Waals surface area contributed by atoms with Crippen LogP contribution in [0.2, 0.25) is 0 Å². The Morgan fingerprint density at radius 3 is 2.20 bits per heavy atom. The van der Waals surface area contributed by atoms with Crippen LogP contribution in [0.25, 0.3) is 0 Å². The zero-order valence-electron chi connectivity index (χ0n) is 11.9. The van der Waals surface area contributed by atoms with Crippen LogP contribution in [-0.2, 0) is 9.59 Å². The number of likely N-dealkylation sites (N-methyl/N-ethyl adjacent to an activating group) is 1. The Morgan fingerprint density at radius 1 is 0.950 bits per heavy atom. The van der Waals surface area contributed by atoms with E-state index in [1.807, 2.05) is 19.1 Å². The van der Waals surface area contributed by atoms with E-state index in [1.165, 1.54) is 0 Å². The first-order valence-corrected chi connectivity index (χ1v) is 6.66. The van der Waals surface area contributed by atoms with Gasteiger partial charge in [-0.2, -0.15) is 0 Å². The average Bonchev–Trinajstić information content (AvgIpc) is 2.43. The van der Waals surface area contributed by atoms with E-state index in [1.54, 1.807) is 19.1 Å². The second-order valence-corrected chi connectivity index (χ2v) is 4.52. The number of nitrogens with one attached hydrogen (secondary N) is 2. The summed E-state index contributed by atoms with van der Waals surface area (Å²) in [6.45, 7) is 4.23. The van der Waals surface area contributed by atoms with E-state index in [9.17, 15) is 14.4 Å². The van der Waals surface area contributed by atoms with E-state index in [2.05, 4.69) is 10.6 Å². The highest BCUT2D eigenvalue weighted by Gasteiger charge is 2.10. The summed E-state index contributed by atoms with van der Waals surface area (Å²) in [5.41, 5.74) is 1.69. The largest absolute Gasteiger partial charge is 0.355 e. The molecule has 0 spiro atoms. The van der Waals surface area contributed by atoms with Gasteiger partial charge >= 0.3 is 0 Å². The molecule has 108 valence electrons. The van der Waals surface area contributed by atoms with Crippen molar-refractivity contribution in [1.82, 2.24) is 10.6 Å². The number of rotatable bonds is 7. The lowest BCUT2D eigenvalue weighted by atomic mass is 10.1. The lowest BCUT2D eigenvalue weighted by Crippen LogP contribution is -2.36. The van der Waals surface area contributed by atoms with Gasteiger partial charge in [0.15, 0.2) is 5.78 Å². The number of Topliss-reactive ketones (excluding diaryl/α,β-unsaturated/α-hetero) is 1. The van der Waals surface area contributed by atoms with E-state index in [0.29, 0.717) is 12.1 Å². The molecule has 2 amide bonds. The van der Waals surface area contributed by atoms with E-state index in [4.69, 9.17) is 0 Å². The number of carbonyl (C=O) groups excluding carboxylic acids is 3. The normalized spacial score (nSPS) is 9.90. The molecule has 0 heterocycles. The molecule has 2 N–H and O–H groups in total. The highest BCUT2D eigenvalue weighted by Crippen LogP contribution is 2.07. The molecule has 20 heavy (non-hydrogen) atoms. The van der Waals surface area contributed by atoms with Crippen LogP contribution in [0.15, 0.2) is 24.3 Å². The zero-order valence-corrected chi connectivity index (χ0v) is 11.9. The SMILES string of the molecule is CCNC(=O)CNC(=O)CCC(=O)c1ccc(C)cc1. The first-order chi connectivity index (χ1) is 9.52. The van der Waals surface area contributed by atoms with E-state index >= 15 is 0 Å². The van der Waals surface area contributed by atoms with E-state index in [-0.39, 0.29) is 37.0 Å². The third-order valence-corrected chi connectivity index (χ3v) is 2.77. The van der Waals surface area contributed by atoms with Crippen molar-refractivity contribution in [2.45, 2.75) is 26.7 Å². The van der Waals surface area contributed by atoms with Gasteiger partial charge in [-0.25, -0.2) is 0 Å². The predicted octanol–water partition coefficient (Wildman–Crippen LogP) is 1.21. The molecule has 0 bridgehead atoms. The summed E-state index contributed by atoms with van der Waals surface area (Å²) in [5, 5.41) is 5.06. The molecule has 1 rings (SSSR count). The van der Waals surface area contributed by atoms with E-state index < -0.39 is 0 Å². The Hall–Kier alpha value is -2.17. The van der Waals surface area contributed by atoms with Gasteiger partial charge in [0.2, 0.25) is 11.8 Å². The molecule has 0 saturated carbocycles. The number of benzene rings is 1. The number of ketones is 1. The fraction of sp³-hybridized carbons (Fsp3) is 0.400. The fourth-order valence-corrected chi connectivity index (χ4v) is 1.64. The molecule has 0 saturated heterocycles. The van der Waals surface area contributed by atoms with Crippen LogP contribution in [0.5, 0.6) is 0 Å². The molecule has 0 radical (unpaired) electrons. The summed E-state index contributed by atoms with van der Waals surface area (Å²) >= 11 is 0. The van der Waals surface area contributed by atoms with Crippen molar-refractivity contribution in [2.24, 2.45) is 0 Å². The van der Waals surface area contributed by atoms with Gasteiger partial charge in [0, 0.05) is 24.9 Å². The van der Waals surface area contributed by atoms with Crippen molar-refractivity contribution in [3.63, 3.8) is 0 Å². The van der Waals surface area contributed by atoms with Crippen LogP contribution in [0.1, 0.15) is 35.7 Å². The van der Waals surface area contributed by atoms with Gasteiger partial charge in [-0.3, -0.25) is 14.4 Å². The maximum atomic E-state index is 11.8. The number of carbonyl (C=O) groups is 3. The second kappa shape index (κ2) is 8.09. The van der Waals surface area contributed by atoms with Crippen molar-refractivity contribution in [1.29, 1.82) is 0 Å². The van der Waals surface area contributed by atoms with Gasteiger partial charge in [-0.05, 0) is 13.8 Å². The van der Waals surface area contributed by atoms with Gasteiger partial charge in [0.05, 0.1) is 6.54 Å². The Morgan fingerprint density at radius 2 is 1.60 bits per heavy atom. The molecule has 0 aliphatic carbocycles. The highest BCUT2D eigenvalue weighted by molar-refractivity contribution is 5.98. The minimum absolute atomic E-state index is 0.0502. The lowest BCUT2D eigenvalue weighted by Gasteiger charge is -2.05. The van der Waals surface area contributed by atoms with Gasteiger partial charge in [-0.15, -0.1) is 0 Å². The minimum atomic E-state index is -0.295. The summed E-state index contributed by atoms with van der Waals surface area (Å²) in [4.78, 5) is 34.5. The quantitative estimate of drug-likeness (QED) is 0.735. The molecule has 0 fully saturated rings. The Bertz CT molecular complexity index is 480. The molecular weight excluding hydrogens is 256 g/mol. The van der Waals surface area contributed by atoms with Gasteiger partial charge < -0.3 is 10.6 Å². The van der Waals surface area contributed by atoms with Crippen LogP contribution < -0.4 is 10.6 Å². The van der Waals surface area contributed by atoms with Crippen molar-refractivity contribution < 1.29 is 14.4 Å². The second-order valence-electron chi connectivity index (χ2n) is 4.52. The molecule has 1 aromatic rings. The standard InChI is InChI=1S/C15H20N2O3/c1-3-16-15(20)10-17-14(19)9-8-13(18)12-6-4-11(2)5-7-12/h4-7H,3,8-10H2,1-2H3,(H,16,20)(H,17,19). The number of hydrogen-bond acceptors (Lipinski definition) is 3. The summed E-state index contributed by atoms with van der Waals surface area (Å²) in [5.74, 6) is -0.597. The first-order valence-electron chi connectivity index (χ1n) is 6.66. The van der Waals surface area contributed by atoms with Crippen LogP contribution in [-0.4, -0.2) is 30.7 Å². The molecule has 0 aliphatic rings. The Balaban J connectivity index is 2.32. The predicted molar refractivity (Wildman–Crippen MR) is 76.4 cm³/mol. The average molecular weight is 276 g/mol. The zero-order chi connectivity index (χ0) is 15.0. The number of aryl methyl sites for hydroxylation is 1. The van der Waals surface area contributed by atoms with Gasteiger partial charge in [-0.1, -0.05) is 29.8 Å². The summed E-state index contributed by atoms with van der Waals surface area (Å²) < 4.78 is 0. The number of hydrogen-bond donors (Lipinski definition) is 2. The molecular formula is C15H20N2O3. The molecule has 5 nitrogen and oxygen atoms in total. The van der Waals surface area contributed by atoms with Crippen LogP contribution in [0.4, 0.5) is 0 Å². The topological polar surface area (TPSA) is 75.3 Å².